The van der Waals surface area contributed by atoms with Crippen molar-refractivity contribution in [2.24, 2.45) is 0 Å². The number of hydrogen-bond donors (Lipinski definition) is 0. The van der Waals surface area contributed by atoms with Gasteiger partial charge in [-0.3, -0.25) is 18.6 Å². The summed E-state index contributed by atoms with van der Waals surface area (Å²) in [6.45, 7) is 0.731. The SMILES string of the molecule is C[N+](C)(C)COC(=O)CCCCC(=O)OC[N+](C)(C)C. The number of carbonyl (C=O) groups is 2. The minimum absolute atomic E-state index is 0.210. The van der Waals surface area contributed by atoms with Crippen LogP contribution in [0.4, 0.5) is 0 Å². The number of unbranched alkanes of at least 4 members (excludes halogenated alkanes) is 1. The highest BCUT2D eigenvalue weighted by atomic mass is 16.6. The van der Waals surface area contributed by atoms with Crippen LogP contribution in [0.15, 0.2) is 0 Å². The van der Waals surface area contributed by atoms with Gasteiger partial charge in [0.05, 0.1) is 42.3 Å². The molecule has 0 heterocycles. The van der Waals surface area contributed by atoms with Crippen LogP contribution in [0.25, 0.3) is 0 Å². The zero-order valence-corrected chi connectivity index (χ0v) is 13.8. The van der Waals surface area contributed by atoms with Crippen molar-refractivity contribution in [3.8, 4) is 0 Å². The molecule has 0 aromatic rings. The number of quaternary nitrogens is 2. The van der Waals surface area contributed by atoms with Gasteiger partial charge in [0.1, 0.15) is 0 Å². The summed E-state index contributed by atoms with van der Waals surface area (Å²) < 4.78 is 11.4. The maximum Gasteiger partial charge on any atom is 0.310 e. The Morgan fingerprint density at radius 1 is 0.700 bits per heavy atom. The summed E-state index contributed by atoms with van der Waals surface area (Å²) in [6, 6.07) is 0. The van der Waals surface area contributed by atoms with Gasteiger partial charge >= 0.3 is 11.9 Å². The lowest BCUT2D eigenvalue weighted by atomic mass is 10.2. The molecule has 0 N–H and O–H groups in total. The molecule has 20 heavy (non-hydrogen) atoms. The van der Waals surface area contributed by atoms with Crippen LogP contribution in [0.2, 0.25) is 0 Å². The molecule has 0 bridgehead atoms. The first kappa shape index (κ1) is 18.9. The molecule has 0 saturated carbocycles. The molecule has 0 radical (unpaired) electrons. The van der Waals surface area contributed by atoms with Crippen molar-refractivity contribution in [3.05, 3.63) is 0 Å². The maximum absolute atomic E-state index is 11.4. The van der Waals surface area contributed by atoms with Crippen molar-refractivity contribution in [1.82, 2.24) is 0 Å². The summed E-state index contributed by atoms with van der Waals surface area (Å²) in [7, 11) is 11.7. The molecule has 0 aliphatic rings. The van der Waals surface area contributed by atoms with E-state index in [0.29, 0.717) is 48.1 Å². The van der Waals surface area contributed by atoms with E-state index >= 15 is 0 Å². The van der Waals surface area contributed by atoms with E-state index in [1.165, 1.54) is 0 Å². The van der Waals surface area contributed by atoms with Crippen LogP contribution in [0.3, 0.4) is 0 Å². The molecule has 0 atom stereocenters. The lowest BCUT2D eigenvalue weighted by Gasteiger charge is -2.23. The first-order valence-electron chi connectivity index (χ1n) is 6.92. The van der Waals surface area contributed by atoms with E-state index in [2.05, 4.69) is 0 Å². The predicted molar refractivity (Wildman–Crippen MR) is 76.5 cm³/mol. The lowest BCUT2D eigenvalue weighted by molar-refractivity contribution is -0.888. The Balaban J connectivity index is 3.61. The number of nitrogens with zero attached hydrogens (tertiary/aromatic N) is 2. The van der Waals surface area contributed by atoms with Crippen LogP contribution in [0.1, 0.15) is 25.7 Å². The van der Waals surface area contributed by atoms with E-state index in [1.807, 2.05) is 42.3 Å². The molecule has 6 nitrogen and oxygen atoms in total. The average Bonchev–Trinajstić information content (AvgIpc) is 2.27. The molecule has 0 aliphatic carbocycles. The molecule has 0 amide bonds. The van der Waals surface area contributed by atoms with Gasteiger partial charge in [-0.15, -0.1) is 0 Å². The number of rotatable bonds is 9. The summed E-state index contributed by atoms with van der Waals surface area (Å²) in [4.78, 5) is 22.9. The van der Waals surface area contributed by atoms with Crippen molar-refractivity contribution in [2.75, 3.05) is 55.7 Å². The second kappa shape index (κ2) is 8.21. The van der Waals surface area contributed by atoms with Gasteiger partial charge in [-0.05, 0) is 12.8 Å². The van der Waals surface area contributed by atoms with Crippen molar-refractivity contribution in [1.29, 1.82) is 0 Å². The summed E-state index contributed by atoms with van der Waals surface area (Å²) in [5, 5.41) is 0. The topological polar surface area (TPSA) is 52.6 Å². The monoisotopic (exact) mass is 290 g/mol. The fourth-order valence-electron chi connectivity index (χ4n) is 1.21. The van der Waals surface area contributed by atoms with Crippen LogP contribution in [-0.4, -0.2) is 76.7 Å². The third kappa shape index (κ3) is 13.3. The standard InChI is InChI=1S/C14H30N2O4/c1-15(2,3)11-19-13(17)9-7-8-10-14(18)20-12-16(4,5)6/h7-12H2,1-6H3/q+2. The number of hydrogen-bond acceptors (Lipinski definition) is 4. The Morgan fingerprint density at radius 3 is 1.25 bits per heavy atom. The average molecular weight is 290 g/mol. The number of carbonyl (C=O) groups excluding carboxylic acids is 2. The highest BCUT2D eigenvalue weighted by molar-refractivity contribution is 5.70. The molecular formula is C14H30N2O4+2. The molecule has 0 unspecified atom stereocenters. The van der Waals surface area contributed by atoms with Gasteiger partial charge < -0.3 is 9.47 Å². The lowest BCUT2D eigenvalue weighted by Crippen LogP contribution is -2.37. The number of ether oxygens (including phenoxy) is 2. The van der Waals surface area contributed by atoms with Gasteiger partial charge in [0.25, 0.3) is 0 Å². The molecule has 6 heteroatoms. The largest absolute Gasteiger partial charge is 0.415 e. The minimum Gasteiger partial charge on any atom is -0.415 e. The first-order valence-corrected chi connectivity index (χ1v) is 6.92. The predicted octanol–water partition coefficient (Wildman–Crippen LogP) is 0.961. The Kier molecular flexibility index (Phi) is 7.75. The van der Waals surface area contributed by atoms with Crippen LogP contribution in [0, 0.1) is 0 Å². The van der Waals surface area contributed by atoms with Crippen molar-refractivity contribution in [2.45, 2.75) is 25.7 Å². The van der Waals surface area contributed by atoms with Crippen LogP contribution < -0.4 is 0 Å². The zero-order valence-electron chi connectivity index (χ0n) is 13.8. The van der Waals surface area contributed by atoms with Crippen LogP contribution >= 0.6 is 0 Å². The van der Waals surface area contributed by atoms with Gasteiger partial charge in [-0.25, -0.2) is 0 Å². The molecule has 0 spiro atoms. The molecule has 118 valence electrons. The van der Waals surface area contributed by atoms with Gasteiger partial charge in [0.15, 0.2) is 0 Å². The van der Waals surface area contributed by atoms with E-state index in [-0.39, 0.29) is 11.9 Å². The van der Waals surface area contributed by atoms with E-state index in [9.17, 15) is 9.59 Å². The molecule has 0 aliphatic heterocycles. The fraction of sp³-hybridized carbons (Fsp3) is 0.857. The maximum atomic E-state index is 11.4. The first-order chi connectivity index (χ1) is 8.99. The minimum atomic E-state index is -0.210. The quantitative estimate of drug-likeness (QED) is 0.275. The molecule has 0 fully saturated rings. The van der Waals surface area contributed by atoms with Gasteiger partial charge in [0.2, 0.25) is 13.5 Å². The zero-order chi connectivity index (χ0) is 15.8. The van der Waals surface area contributed by atoms with Gasteiger partial charge in [-0.2, -0.15) is 0 Å². The summed E-state index contributed by atoms with van der Waals surface area (Å²) in [6.07, 6.45) is 2.00. The fourth-order valence-corrected chi connectivity index (χ4v) is 1.21. The van der Waals surface area contributed by atoms with Gasteiger partial charge in [-0.1, -0.05) is 0 Å². The molecule has 0 saturated heterocycles. The van der Waals surface area contributed by atoms with Crippen molar-refractivity contribution in [3.63, 3.8) is 0 Å². The Morgan fingerprint density at radius 2 is 1.00 bits per heavy atom. The van der Waals surface area contributed by atoms with Crippen molar-refractivity contribution < 1.29 is 28.0 Å². The van der Waals surface area contributed by atoms with Crippen LogP contribution in [0.5, 0.6) is 0 Å². The summed E-state index contributed by atoms with van der Waals surface area (Å²) in [5.74, 6) is -0.421. The summed E-state index contributed by atoms with van der Waals surface area (Å²) in [5.41, 5.74) is 0. The third-order valence-corrected chi connectivity index (χ3v) is 2.24. The number of esters is 2. The van der Waals surface area contributed by atoms with E-state index < -0.39 is 0 Å². The second-order valence-corrected chi connectivity index (χ2v) is 7.08. The Labute approximate surface area is 122 Å². The van der Waals surface area contributed by atoms with Gasteiger partial charge in [0, 0.05) is 12.8 Å². The molecule has 0 aromatic heterocycles. The smallest absolute Gasteiger partial charge is 0.310 e. The molecule has 0 aromatic carbocycles. The molecule has 0 rings (SSSR count). The van der Waals surface area contributed by atoms with E-state index in [0.717, 1.165) is 0 Å². The highest BCUT2D eigenvalue weighted by Crippen LogP contribution is 2.04. The Bertz CT molecular complexity index is 284. The normalized spacial score (nSPS) is 12.1. The Hall–Kier alpha value is -1.14. The van der Waals surface area contributed by atoms with Crippen LogP contribution in [-0.2, 0) is 19.1 Å². The molecular weight excluding hydrogens is 260 g/mol. The third-order valence-electron chi connectivity index (χ3n) is 2.24. The van der Waals surface area contributed by atoms with E-state index in [4.69, 9.17) is 9.47 Å². The second-order valence-electron chi connectivity index (χ2n) is 7.08. The van der Waals surface area contributed by atoms with Crippen molar-refractivity contribution >= 4 is 11.9 Å². The summed E-state index contributed by atoms with van der Waals surface area (Å²) >= 11 is 0. The highest BCUT2D eigenvalue weighted by Gasteiger charge is 2.13. The van der Waals surface area contributed by atoms with E-state index in [1.54, 1.807) is 0 Å².